The molecule has 0 saturated carbocycles. The molecule has 1 N–H and O–H groups in total. The normalized spacial score (nSPS) is 18.1. The van der Waals surface area contributed by atoms with E-state index in [0.717, 1.165) is 48.7 Å². The number of hydrogen-bond acceptors (Lipinski definition) is 6. The van der Waals surface area contributed by atoms with E-state index in [4.69, 9.17) is 10.1 Å². The molecule has 0 radical (unpaired) electrons. The van der Waals surface area contributed by atoms with E-state index < -0.39 is 5.97 Å². The standard InChI is InChI=1S/C18H19N5O2S/c24-18(25)14-4-1-3-13(9-14)17-20-15(12-26-17)10-22-7-2-5-16(11-22)23-8-6-19-21-23/h1,3-4,6,8-9,12,16H,2,5,7,10-11H2,(H,24,25). The molecule has 3 aromatic rings. The molecule has 7 nitrogen and oxygen atoms in total. The van der Waals surface area contributed by atoms with Gasteiger partial charge in [-0.05, 0) is 31.5 Å². The predicted molar refractivity (Wildman–Crippen MR) is 98.1 cm³/mol. The largest absolute Gasteiger partial charge is 0.478 e. The number of aromatic nitrogens is 4. The second-order valence-corrected chi connectivity index (χ2v) is 7.30. The van der Waals surface area contributed by atoms with Gasteiger partial charge in [0.05, 0.1) is 23.5 Å². The lowest BCUT2D eigenvalue weighted by molar-refractivity contribution is 0.0697. The van der Waals surface area contributed by atoms with Gasteiger partial charge in [-0.2, -0.15) is 0 Å². The van der Waals surface area contributed by atoms with Gasteiger partial charge in [0, 0.05) is 30.2 Å². The van der Waals surface area contributed by atoms with Crippen molar-refractivity contribution in [2.24, 2.45) is 0 Å². The molecule has 1 saturated heterocycles. The molecule has 1 unspecified atom stereocenters. The van der Waals surface area contributed by atoms with Crippen LogP contribution in [0.2, 0.25) is 0 Å². The number of carboxylic acids is 1. The number of hydrogen-bond donors (Lipinski definition) is 1. The minimum absolute atomic E-state index is 0.283. The first kappa shape index (κ1) is 16.9. The first-order valence-electron chi connectivity index (χ1n) is 8.55. The lowest BCUT2D eigenvalue weighted by Crippen LogP contribution is -2.36. The number of carboxylic acid groups (broad SMARTS) is 1. The number of aromatic carboxylic acids is 1. The molecule has 1 fully saturated rings. The molecule has 8 heteroatoms. The fourth-order valence-corrected chi connectivity index (χ4v) is 4.14. The van der Waals surface area contributed by atoms with E-state index in [-0.39, 0.29) is 5.56 Å². The third-order valence-corrected chi connectivity index (χ3v) is 5.53. The quantitative estimate of drug-likeness (QED) is 0.744. The second-order valence-electron chi connectivity index (χ2n) is 6.44. The smallest absolute Gasteiger partial charge is 0.335 e. The maximum Gasteiger partial charge on any atom is 0.335 e. The van der Waals surface area contributed by atoms with Gasteiger partial charge in [-0.15, -0.1) is 16.4 Å². The van der Waals surface area contributed by atoms with Crippen LogP contribution in [0.15, 0.2) is 42.0 Å². The lowest BCUT2D eigenvalue weighted by atomic mass is 10.1. The van der Waals surface area contributed by atoms with Crippen LogP contribution in [0.1, 0.15) is 34.9 Å². The number of piperidine rings is 1. The van der Waals surface area contributed by atoms with Crippen LogP contribution in [0, 0.1) is 0 Å². The summed E-state index contributed by atoms with van der Waals surface area (Å²) in [5, 5.41) is 20.1. The summed E-state index contributed by atoms with van der Waals surface area (Å²) in [5.74, 6) is -0.920. The van der Waals surface area contributed by atoms with Gasteiger partial charge >= 0.3 is 5.97 Å². The second kappa shape index (κ2) is 7.35. The van der Waals surface area contributed by atoms with Crippen molar-refractivity contribution in [1.29, 1.82) is 0 Å². The minimum atomic E-state index is -0.920. The molecule has 1 aliphatic heterocycles. The molecule has 1 aliphatic rings. The van der Waals surface area contributed by atoms with Crippen molar-refractivity contribution in [2.45, 2.75) is 25.4 Å². The van der Waals surface area contributed by atoms with E-state index in [2.05, 4.69) is 20.6 Å². The first-order chi connectivity index (χ1) is 12.7. The SMILES string of the molecule is O=C(O)c1cccc(-c2nc(CN3CCCC(n4ccnn4)C3)cs2)c1. The molecular weight excluding hydrogens is 350 g/mol. The zero-order valence-corrected chi connectivity index (χ0v) is 15.0. The van der Waals surface area contributed by atoms with Gasteiger partial charge in [-0.3, -0.25) is 4.90 Å². The van der Waals surface area contributed by atoms with Crippen molar-refractivity contribution in [2.75, 3.05) is 13.1 Å². The van der Waals surface area contributed by atoms with E-state index in [9.17, 15) is 4.79 Å². The Hall–Kier alpha value is -2.58. The molecule has 134 valence electrons. The van der Waals surface area contributed by atoms with Crippen LogP contribution in [0.3, 0.4) is 0 Å². The highest BCUT2D eigenvalue weighted by atomic mass is 32.1. The zero-order chi connectivity index (χ0) is 17.9. The van der Waals surface area contributed by atoms with Crippen LogP contribution in [-0.4, -0.2) is 49.0 Å². The molecule has 1 aromatic carbocycles. The third kappa shape index (κ3) is 3.66. The average Bonchev–Trinajstić information content (AvgIpc) is 3.34. The number of benzene rings is 1. The number of likely N-dealkylation sites (tertiary alicyclic amines) is 1. The van der Waals surface area contributed by atoms with Gasteiger partial charge in [0.15, 0.2) is 0 Å². The fourth-order valence-electron chi connectivity index (χ4n) is 3.33. The molecule has 4 rings (SSSR count). The predicted octanol–water partition coefficient (Wildman–Crippen LogP) is 2.94. The Morgan fingerprint density at radius 2 is 2.31 bits per heavy atom. The highest BCUT2D eigenvalue weighted by Gasteiger charge is 2.22. The van der Waals surface area contributed by atoms with Crippen molar-refractivity contribution in [3.8, 4) is 10.6 Å². The van der Waals surface area contributed by atoms with E-state index >= 15 is 0 Å². The summed E-state index contributed by atoms with van der Waals surface area (Å²) < 4.78 is 1.94. The van der Waals surface area contributed by atoms with Gasteiger partial charge in [0.1, 0.15) is 5.01 Å². The van der Waals surface area contributed by atoms with Gasteiger partial charge in [-0.25, -0.2) is 14.5 Å². The summed E-state index contributed by atoms with van der Waals surface area (Å²) in [6, 6.07) is 7.28. The maximum absolute atomic E-state index is 11.1. The summed E-state index contributed by atoms with van der Waals surface area (Å²) in [4.78, 5) is 18.2. The Morgan fingerprint density at radius 1 is 1.38 bits per heavy atom. The van der Waals surface area contributed by atoms with Gasteiger partial charge in [0.25, 0.3) is 0 Å². The average molecular weight is 369 g/mol. The summed E-state index contributed by atoms with van der Waals surface area (Å²) >= 11 is 1.55. The van der Waals surface area contributed by atoms with E-state index in [1.165, 1.54) is 0 Å². The molecule has 0 spiro atoms. The summed E-state index contributed by atoms with van der Waals surface area (Å²) in [6.45, 7) is 2.78. The Labute approximate surface area is 154 Å². The monoisotopic (exact) mass is 369 g/mol. The minimum Gasteiger partial charge on any atom is -0.478 e. The molecular formula is C18H19N5O2S. The zero-order valence-electron chi connectivity index (χ0n) is 14.2. The van der Waals surface area contributed by atoms with Crippen molar-refractivity contribution < 1.29 is 9.90 Å². The Bertz CT molecular complexity index is 893. The van der Waals surface area contributed by atoms with Crippen LogP contribution in [0.25, 0.3) is 10.6 Å². The van der Waals surface area contributed by atoms with Crippen molar-refractivity contribution >= 4 is 17.3 Å². The van der Waals surface area contributed by atoms with Crippen molar-refractivity contribution in [3.63, 3.8) is 0 Å². The fraction of sp³-hybridized carbons (Fsp3) is 0.333. The molecule has 3 heterocycles. The van der Waals surface area contributed by atoms with Gasteiger partial charge in [0.2, 0.25) is 0 Å². The van der Waals surface area contributed by atoms with Crippen LogP contribution in [0.5, 0.6) is 0 Å². The molecule has 26 heavy (non-hydrogen) atoms. The van der Waals surface area contributed by atoms with Gasteiger partial charge in [-0.1, -0.05) is 17.3 Å². The summed E-state index contributed by atoms with van der Waals surface area (Å²) in [6.07, 6.45) is 5.88. The maximum atomic E-state index is 11.1. The Kier molecular flexibility index (Phi) is 4.77. The molecule has 2 aromatic heterocycles. The first-order valence-corrected chi connectivity index (χ1v) is 9.43. The van der Waals surface area contributed by atoms with E-state index in [1.807, 2.05) is 16.9 Å². The molecule has 0 aliphatic carbocycles. The van der Waals surface area contributed by atoms with Crippen molar-refractivity contribution in [1.82, 2.24) is 24.9 Å². The topological polar surface area (TPSA) is 84.1 Å². The molecule has 0 bridgehead atoms. The molecule has 0 amide bonds. The Balaban J connectivity index is 1.45. The van der Waals surface area contributed by atoms with Gasteiger partial charge < -0.3 is 5.11 Å². The van der Waals surface area contributed by atoms with Crippen molar-refractivity contribution in [3.05, 3.63) is 53.3 Å². The van der Waals surface area contributed by atoms with E-state index in [0.29, 0.717) is 6.04 Å². The highest BCUT2D eigenvalue weighted by Crippen LogP contribution is 2.27. The van der Waals surface area contributed by atoms with Crippen LogP contribution in [0.4, 0.5) is 0 Å². The Morgan fingerprint density at radius 3 is 3.12 bits per heavy atom. The number of thiazole rings is 1. The van der Waals surface area contributed by atoms with Crippen LogP contribution < -0.4 is 0 Å². The highest BCUT2D eigenvalue weighted by molar-refractivity contribution is 7.13. The summed E-state index contributed by atoms with van der Waals surface area (Å²) in [5.41, 5.74) is 2.15. The van der Waals surface area contributed by atoms with Crippen LogP contribution >= 0.6 is 11.3 Å². The third-order valence-electron chi connectivity index (χ3n) is 4.59. The summed E-state index contributed by atoms with van der Waals surface area (Å²) in [7, 11) is 0. The number of nitrogens with zero attached hydrogens (tertiary/aromatic N) is 5. The molecule has 1 atom stereocenters. The van der Waals surface area contributed by atoms with E-state index in [1.54, 1.807) is 35.7 Å². The lowest BCUT2D eigenvalue weighted by Gasteiger charge is -2.31. The van der Waals surface area contributed by atoms with Crippen LogP contribution in [-0.2, 0) is 6.54 Å². The number of rotatable bonds is 5. The number of carbonyl (C=O) groups is 1.